The van der Waals surface area contributed by atoms with Crippen LogP contribution in [0.15, 0.2) is 59.5 Å². The lowest BCUT2D eigenvalue weighted by atomic mass is 10.1. The number of benzene rings is 3. The monoisotopic (exact) mass is 509 g/mol. The fourth-order valence-electron chi connectivity index (χ4n) is 3.61. The van der Waals surface area contributed by atoms with E-state index in [0.717, 1.165) is 16.4 Å². The van der Waals surface area contributed by atoms with Gasteiger partial charge in [0.1, 0.15) is 22.2 Å². The summed E-state index contributed by atoms with van der Waals surface area (Å²) in [4.78, 5) is -0.566. The van der Waals surface area contributed by atoms with Crippen LogP contribution in [0.1, 0.15) is 18.5 Å². The molecule has 0 N–H and O–H groups in total. The molecule has 7 nitrogen and oxygen atoms in total. The first-order valence-electron chi connectivity index (χ1n) is 10.1. The molecular formula is C24H25ClFNO6S. The highest BCUT2D eigenvalue weighted by Gasteiger charge is 2.34. The van der Waals surface area contributed by atoms with Crippen LogP contribution in [0.5, 0.6) is 23.0 Å². The van der Waals surface area contributed by atoms with Crippen LogP contribution in [-0.4, -0.2) is 36.9 Å². The Balaban J connectivity index is 2.30. The first-order valence-corrected chi connectivity index (χ1v) is 11.9. The van der Waals surface area contributed by atoms with Gasteiger partial charge >= 0.3 is 0 Å². The van der Waals surface area contributed by atoms with Crippen molar-refractivity contribution in [2.45, 2.75) is 17.9 Å². The van der Waals surface area contributed by atoms with E-state index in [4.69, 9.17) is 30.5 Å². The molecule has 3 aromatic rings. The molecule has 1 unspecified atom stereocenters. The van der Waals surface area contributed by atoms with Gasteiger partial charge in [-0.05, 0) is 55.5 Å². The average molecular weight is 510 g/mol. The highest BCUT2D eigenvalue weighted by atomic mass is 35.5. The number of nitrogens with zero attached hydrogens (tertiary/aromatic N) is 1. The summed E-state index contributed by atoms with van der Waals surface area (Å²) in [5.74, 6) is 0.710. The van der Waals surface area contributed by atoms with Crippen molar-refractivity contribution in [3.63, 3.8) is 0 Å². The molecule has 0 amide bonds. The van der Waals surface area contributed by atoms with Gasteiger partial charge in [0.05, 0.1) is 40.2 Å². The van der Waals surface area contributed by atoms with Gasteiger partial charge in [0.15, 0.2) is 11.5 Å². The van der Waals surface area contributed by atoms with Gasteiger partial charge in [0.25, 0.3) is 10.0 Å². The second-order valence-electron chi connectivity index (χ2n) is 7.20. The van der Waals surface area contributed by atoms with Gasteiger partial charge in [-0.15, -0.1) is 0 Å². The minimum atomic E-state index is -4.46. The van der Waals surface area contributed by atoms with Gasteiger partial charge in [-0.2, -0.15) is 0 Å². The molecule has 3 aromatic carbocycles. The molecular weight excluding hydrogens is 485 g/mol. The molecule has 34 heavy (non-hydrogen) atoms. The van der Waals surface area contributed by atoms with Gasteiger partial charge in [-0.3, -0.25) is 4.31 Å². The Morgan fingerprint density at radius 2 is 1.47 bits per heavy atom. The van der Waals surface area contributed by atoms with Crippen molar-refractivity contribution in [2.24, 2.45) is 0 Å². The maximum Gasteiger partial charge on any atom is 0.267 e. The summed E-state index contributed by atoms with van der Waals surface area (Å²) in [5.41, 5.74) is 0.719. The molecule has 0 radical (unpaired) electrons. The summed E-state index contributed by atoms with van der Waals surface area (Å²) in [6.07, 6.45) is 0. The minimum absolute atomic E-state index is 0.0823. The Labute approximate surface area is 203 Å². The van der Waals surface area contributed by atoms with E-state index in [2.05, 4.69) is 0 Å². The van der Waals surface area contributed by atoms with E-state index in [1.165, 1.54) is 40.6 Å². The van der Waals surface area contributed by atoms with Crippen molar-refractivity contribution >= 4 is 27.3 Å². The fraction of sp³-hybridized carbons (Fsp3) is 0.250. The second-order valence-corrected chi connectivity index (χ2v) is 9.42. The van der Waals surface area contributed by atoms with Crippen molar-refractivity contribution in [2.75, 3.05) is 32.7 Å². The minimum Gasteiger partial charge on any atom is -0.497 e. The lowest BCUT2D eigenvalue weighted by molar-refractivity contribution is 0.355. The Kier molecular flexibility index (Phi) is 7.78. The van der Waals surface area contributed by atoms with Gasteiger partial charge in [-0.25, -0.2) is 12.8 Å². The quantitative estimate of drug-likeness (QED) is 0.381. The largest absolute Gasteiger partial charge is 0.497 e. The average Bonchev–Trinajstić information content (AvgIpc) is 2.84. The van der Waals surface area contributed by atoms with Crippen molar-refractivity contribution in [3.8, 4) is 23.0 Å². The van der Waals surface area contributed by atoms with Crippen molar-refractivity contribution < 1.29 is 31.8 Å². The molecule has 0 fully saturated rings. The topological polar surface area (TPSA) is 74.3 Å². The highest BCUT2D eigenvalue weighted by molar-refractivity contribution is 7.92. The molecule has 0 bridgehead atoms. The molecule has 0 saturated carbocycles. The van der Waals surface area contributed by atoms with Crippen LogP contribution in [0.4, 0.5) is 10.1 Å². The number of methoxy groups -OCH3 is 4. The van der Waals surface area contributed by atoms with Gasteiger partial charge in [0.2, 0.25) is 0 Å². The predicted molar refractivity (Wildman–Crippen MR) is 129 cm³/mol. The van der Waals surface area contributed by atoms with E-state index < -0.39 is 26.8 Å². The molecule has 0 aliphatic rings. The summed E-state index contributed by atoms with van der Waals surface area (Å²) in [5, 5.41) is 0.0823. The standard InChI is InChI=1S/C24H25ClFNO6S/c1-15(19-14-18(30-2)8-11-21(19)31-3)27(17-7-10-22(32-4)23(13-17)33-5)34(28,29)24-12-16(25)6-9-20(24)26/h6-15H,1-5H3. The molecule has 1 atom stereocenters. The Morgan fingerprint density at radius 3 is 2.09 bits per heavy atom. The zero-order chi connectivity index (χ0) is 25.0. The first kappa shape index (κ1) is 25.5. The molecule has 0 aliphatic carbocycles. The summed E-state index contributed by atoms with van der Waals surface area (Å²) < 4.78 is 65.1. The third-order valence-corrected chi connectivity index (χ3v) is 7.44. The lowest BCUT2D eigenvalue weighted by Crippen LogP contribution is -2.34. The van der Waals surface area contributed by atoms with E-state index in [-0.39, 0.29) is 10.7 Å². The van der Waals surface area contributed by atoms with E-state index in [0.29, 0.717) is 28.6 Å². The Morgan fingerprint density at radius 1 is 0.824 bits per heavy atom. The van der Waals surface area contributed by atoms with Crippen LogP contribution in [0.2, 0.25) is 5.02 Å². The molecule has 0 aliphatic heterocycles. The van der Waals surface area contributed by atoms with E-state index >= 15 is 0 Å². The highest BCUT2D eigenvalue weighted by Crippen LogP contribution is 2.41. The van der Waals surface area contributed by atoms with E-state index in [1.54, 1.807) is 37.3 Å². The molecule has 0 saturated heterocycles. The van der Waals surface area contributed by atoms with Gasteiger partial charge < -0.3 is 18.9 Å². The van der Waals surface area contributed by atoms with Crippen molar-refractivity contribution in [3.05, 3.63) is 71.0 Å². The number of sulfonamides is 1. The number of rotatable bonds is 9. The normalized spacial score (nSPS) is 12.1. The summed E-state index contributed by atoms with van der Waals surface area (Å²) >= 11 is 6.02. The van der Waals surface area contributed by atoms with Crippen LogP contribution in [0.3, 0.4) is 0 Å². The zero-order valence-corrected chi connectivity index (χ0v) is 20.9. The molecule has 182 valence electrons. The number of ether oxygens (including phenoxy) is 4. The second kappa shape index (κ2) is 10.4. The van der Waals surface area contributed by atoms with E-state index in [1.807, 2.05) is 0 Å². The molecule has 0 spiro atoms. The van der Waals surface area contributed by atoms with Gasteiger partial charge in [-0.1, -0.05) is 11.6 Å². The van der Waals surface area contributed by atoms with Crippen LogP contribution >= 0.6 is 11.6 Å². The fourth-order valence-corrected chi connectivity index (χ4v) is 5.57. The van der Waals surface area contributed by atoms with Crippen LogP contribution < -0.4 is 23.3 Å². The van der Waals surface area contributed by atoms with Gasteiger partial charge in [0, 0.05) is 16.7 Å². The first-order chi connectivity index (χ1) is 16.2. The molecule has 0 heterocycles. The Hall–Kier alpha value is -3.17. The third-order valence-electron chi connectivity index (χ3n) is 5.29. The SMILES string of the molecule is COc1ccc(OC)c(C(C)N(c2ccc(OC)c(OC)c2)S(=O)(=O)c2cc(Cl)ccc2F)c1. The summed E-state index contributed by atoms with van der Waals surface area (Å²) in [6, 6.07) is 12.2. The molecule has 0 aromatic heterocycles. The summed E-state index contributed by atoms with van der Waals surface area (Å²) in [6.45, 7) is 1.66. The van der Waals surface area contributed by atoms with Crippen molar-refractivity contribution in [1.29, 1.82) is 0 Å². The number of hydrogen-bond acceptors (Lipinski definition) is 6. The van der Waals surface area contributed by atoms with Crippen molar-refractivity contribution in [1.82, 2.24) is 0 Å². The Bertz CT molecular complexity index is 1280. The number of halogens is 2. The maximum atomic E-state index is 14.8. The maximum absolute atomic E-state index is 14.8. The predicted octanol–water partition coefficient (Wildman–Crippen LogP) is 5.47. The van der Waals surface area contributed by atoms with Crippen LogP contribution in [0.25, 0.3) is 0 Å². The lowest BCUT2D eigenvalue weighted by Gasteiger charge is -2.32. The van der Waals surface area contributed by atoms with Crippen LogP contribution in [-0.2, 0) is 10.0 Å². The van der Waals surface area contributed by atoms with E-state index in [9.17, 15) is 12.8 Å². The zero-order valence-electron chi connectivity index (χ0n) is 19.3. The smallest absolute Gasteiger partial charge is 0.267 e. The molecule has 3 rings (SSSR count). The number of anilines is 1. The number of hydrogen-bond donors (Lipinski definition) is 0. The summed E-state index contributed by atoms with van der Waals surface area (Å²) in [7, 11) is 1.42. The third kappa shape index (κ3) is 4.85. The molecule has 10 heteroatoms. The van der Waals surface area contributed by atoms with Crippen LogP contribution in [0, 0.1) is 5.82 Å².